The van der Waals surface area contributed by atoms with Gasteiger partial charge in [-0.25, -0.2) is 0 Å². The van der Waals surface area contributed by atoms with E-state index in [9.17, 15) is 14.9 Å². The highest BCUT2D eigenvalue weighted by Crippen LogP contribution is 2.29. The quantitative estimate of drug-likeness (QED) is 0.648. The Morgan fingerprint density at radius 3 is 2.58 bits per heavy atom. The molecule has 2 aromatic carbocycles. The van der Waals surface area contributed by atoms with Gasteiger partial charge < -0.3 is 14.8 Å². The highest BCUT2D eigenvalue weighted by atomic mass is 16.6. The summed E-state index contributed by atoms with van der Waals surface area (Å²) in [4.78, 5) is 22.8. The predicted octanol–water partition coefficient (Wildman–Crippen LogP) is 3.32. The first-order valence-electron chi connectivity index (χ1n) is 7.27. The van der Waals surface area contributed by atoms with Crippen LogP contribution in [0.1, 0.15) is 12.5 Å². The summed E-state index contributed by atoms with van der Waals surface area (Å²) < 4.78 is 10.5. The van der Waals surface area contributed by atoms with Gasteiger partial charge in [0.1, 0.15) is 17.2 Å². The number of benzene rings is 2. The van der Waals surface area contributed by atoms with E-state index < -0.39 is 16.9 Å². The van der Waals surface area contributed by atoms with Crippen LogP contribution in [0.25, 0.3) is 0 Å². The Kier molecular flexibility index (Phi) is 5.36. The summed E-state index contributed by atoms with van der Waals surface area (Å²) in [6, 6.07) is 11.5. The van der Waals surface area contributed by atoms with Crippen molar-refractivity contribution in [2.24, 2.45) is 0 Å². The lowest BCUT2D eigenvalue weighted by Crippen LogP contribution is -2.30. The third-order valence-corrected chi connectivity index (χ3v) is 3.33. The standard InChI is InChI=1S/C17H18N2O5/c1-11-5-4-6-14(9-11)24-12(2)17(20)18-15-8-7-13(23-3)10-16(15)19(21)22/h4-10,12H,1-3H3,(H,18,20). The Bertz CT molecular complexity index is 760. The number of amides is 1. The second-order valence-corrected chi connectivity index (χ2v) is 5.21. The Labute approximate surface area is 139 Å². The van der Waals surface area contributed by atoms with Crippen molar-refractivity contribution in [2.45, 2.75) is 20.0 Å². The van der Waals surface area contributed by atoms with Gasteiger partial charge in [0.25, 0.3) is 11.6 Å². The zero-order chi connectivity index (χ0) is 17.7. The molecule has 0 aliphatic carbocycles. The smallest absolute Gasteiger partial charge is 0.296 e. The number of hydrogen-bond donors (Lipinski definition) is 1. The third-order valence-electron chi connectivity index (χ3n) is 3.33. The Hall–Kier alpha value is -3.09. The van der Waals surface area contributed by atoms with Crippen molar-refractivity contribution in [3.05, 3.63) is 58.1 Å². The minimum absolute atomic E-state index is 0.0884. The lowest BCUT2D eigenvalue weighted by atomic mass is 10.2. The van der Waals surface area contributed by atoms with Crippen LogP contribution in [0.4, 0.5) is 11.4 Å². The second-order valence-electron chi connectivity index (χ2n) is 5.21. The molecule has 0 aliphatic heterocycles. The SMILES string of the molecule is COc1ccc(NC(=O)C(C)Oc2cccc(C)c2)c([N+](=O)[O-])c1. The molecule has 0 aliphatic rings. The summed E-state index contributed by atoms with van der Waals surface area (Å²) in [5, 5.41) is 13.7. The molecule has 0 heterocycles. The van der Waals surface area contributed by atoms with Crippen molar-refractivity contribution in [2.75, 3.05) is 12.4 Å². The van der Waals surface area contributed by atoms with Crippen molar-refractivity contribution < 1.29 is 19.2 Å². The summed E-state index contributed by atoms with van der Waals surface area (Å²) in [6.07, 6.45) is -0.812. The molecule has 0 aromatic heterocycles. The van der Waals surface area contributed by atoms with E-state index in [2.05, 4.69) is 5.32 Å². The number of ether oxygens (including phenoxy) is 2. The topological polar surface area (TPSA) is 90.7 Å². The molecule has 0 radical (unpaired) electrons. The first-order valence-corrected chi connectivity index (χ1v) is 7.27. The maximum absolute atomic E-state index is 12.2. The van der Waals surface area contributed by atoms with E-state index in [1.54, 1.807) is 19.1 Å². The molecular formula is C17H18N2O5. The number of aryl methyl sites for hydroxylation is 1. The molecule has 1 amide bonds. The van der Waals surface area contributed by atoms with Crippen LogP contribution in [0, 0.1) is 17.0 Å². The van der Waals surface area contributed by atoms with Crippen LogP contribution >= 0.6 is 0 Å². The van der Waals surface area contributed by atoms with Gasteiger partial charge in [0.05, 0.1) is 18.1 Å². The normalized spacial score (nSPS) is 11.5. The van der Waals surface area contributed by atoms with Gasteiger partial charge in [-0.3, -0.25) is 14.9 Å². The first-order chi connectivity index (χ1) is 11.4. The summed E-state index contributed by atoms with van der Waals surface area (Å²) >= 11 is 0. The van der Waals surface area contributed by atoms with E-state index >= 15 is 0 Å². The predicted molar refractivity (Wildman–Crippen MR) is 89.5 cm³/mol. The van der Waals surface area contributed by atoms with Crippen molar-refractivity contribution in [1.82, 2.24) is 0 Å². The lowest BCUT2D eigenvalue weighted by molar-refractivity contribution is -0.384. The zero-order valence-corrected chi connectivity index (χ0v) is 13.6. The number of carbonyl (C=O) groups excluding carboxylic acids is 1. The van der Waals surface area contributed by atoms with Crippen LogP contribution in [0.3, 0.4) is 0 Å². The van der Waals surface area contributed by atoms with Crippen LogP contribution in [-0.2, 0) is 4.79 Å². The van der Waals surface area contributed by atoms with E-state index in [1.165, 1.54) is 25.3 Å². The Balaban J connectivity index is 2.12. The molecule has 1 atom stereocenters. The van der Waals surface area contributed by atoms with Crippen molar-refractivity contribution in [3.63, 3.8) is 0 Å². The average Bonchev–Trinajstić information content (AvgIpc) is 2.54. The first kappa shape index (κ1) is 17.3. The molecule has 24 heavy (non-hydrogen) atoms. The van der Waals surface area contributed by atoms with E-state index in [4.69, 9.17) is 9.47 Å². The van der Waals surface area contributed by atoms with Crippen LogP contribution in [-0.4, -0.2) is 24.0 Å². The lowest BCUT2D eigenvalue weighted by Gasteiger charge is -2.15. The van der Waals surface area contributed by atoms with Crippen LogP contribution in [0.15, 0.2) is 42.5 Å². The molecule has 7 heteroatoms. The number of nitro groups is 1. The Morgan fingerprint density at radius 1 is 1.21 bits per heavy atom. The van der Waals surface area contributed by atoms with E-state index in [-0.39, 0.29) is 11.4 Å². The van der Waals surface area contributed by atoms with Gasteiger partial charge in [-0.2, -0.15) is 0 Å². The number of anilines is 1. The highest BCUT2D eigenvalue weighted by Gasteiger charge is 2.21. The number of carbonyl (C=O) groups is 1. The van der Waals surface area contributed by atoms with Gasteiger partial charge in [0.15, 0.2) is 6.10 Å². The van der Waals surface area contributed by atoms with Gasteiger partial charge in [-0.1, -0.05) is 12.1 Å². The second kappa shape index (κ2) is 7.45. The van der Waals surface area contributed by atoms with E-state index in [0.29, 0.717) is 11.5 Å². The number of nitrogens with one attached hydrogen (secondary N) is 1. The van der Waals surface area contributed by atoms with Gasteiger partial charge in [0.2, 0.25) is 0 Å². The van der Waals surface area contributed by atoms with Crippen LogP contribution < -0.4 is 14.8 Å². The summed E-state index contributed by atoms with van der Waals surface area (Å²) in [6.45, 7) is 3.49. The maximum atomic E-state index is 12.2. The number of nitrogens with zero attached hydrogens (tertiary/aromatic N) is 1. The maximum Gasteiger partial charge on any atom is 0.296 e. The fourth-order valence-corrected chi connectivity index (χ4v) is 2.08. The van der Waals surface area contributed by atoms with Crippen molar-refractivity contribution in [1.29, 1.82) is 0 Å². The number of hydrogen-bond acceptors (Lipinski definition) is 5. The minimum atomic E-state index is -0.812. The van der Waals surface area contributed by atoms with Gasteiger partial charge >= 0.3 is 0 Å². The summed E-state index contributed by atoms with van der Waals surface area (Å²) in [5.41, 5.74) is 0.849. The average molecular weight is 330 g/mol. The third kappa shape index (κ3) is 4.22. The van der Waals surface area contributed by atoms with Gasteiger partial charge in [0, 0.05) is 0 Å². The molecule has 0 saturated heterocycles. The fourth-order valence-electron chi connectivity index (χ4n) is 2.08. The molecule has 1 N–H and O–H groups in total. The van der Waals surface area contributed by atoms with Crippen molar-refractivity contribution >= 4 is 17.3 Å². The largest absolute Gasteiger partial charge is 0.496 e. The summed E-state index contributed by atoms with van der Waals surface area (Å²) in [5.74, 6) is 0.412. The number of nitro benzene ring substituents is 1. The Morgan fingerprint density at radius 2 is 1.96 bits per heavy atom. The fraction of sp³-hybridized carbons (Fsp3) is 0.235. The highest BCUT2D eigenvalue weighted by molar-refractivity contribution is 5.96. The summed E-state index contributed by atoms with van der Waals surface area (Å²) in [7, 11) is 1.41. The van der Waals surface area contributed by atoms with Crippen LogP contribution in [0.5, 0.6) is 11.5 Å². The molecule has 0 spiro atoms. The molecule has 2 rings (SSSR count). The molecule has 126 valence electrons. The molecular weight excluding hydrogens is 312 g/mol. The zero-order valence-electron chi connectivity index (χ0n) is 13.6. The van der Waals surface area contributed by atoms with Crippen molar-refractivity contribution in [3.8, 4) is 11.5 Å². The molecule has 7 nitrogen and oxygen atoms in total. The number of rotatable bonds is 6. The molecule has 0 fully saturated rings. The molecule has 1 unspecified atom stereocenters. The molecule has 0 saturated carbocycles. The van der Waals surface area contributed by atoms with Crippen LogP contribution in [0.2, 0.25) is 0 Å². The van der Waals surface area contributed by atoms with Gasteiger partial charge in [-0.15, -0.1) is 0 Å². The van der Waals surface area contributed by atoms with E-state index in [0.717, 1.165) is 5.56 Å². The minimum Gasteiger partial charge on any atom is -0.496 e. The monoisotopic (exact) mass is 330 g/mol. The van der Waals surface area contributed by atoms with Gasteiger partial charge in [-0.05, 0) is 43.7 Å². The van der Waals surface area contributed by atoms with E-state index in [1.807, 2.05) is 19.1 Å². The number of methoxy groups -OCH3 is 1. The molecule has 2 aromatic rings. The molecule has 0 bridgehead atoms.